The van der Waals surface area contributed by atoms with Crippen LogP contribution < -0.4 is 5.56 Å². The molecule has 0 aliphatic rings. The molecule has 2 N–H and O–H groups in total. The Hall–Kier alpha value is -1.20. The summed E-state index contributed by atoms with van der Waals surface area (Å²) >= 11 is 8.46. The Bertz CT molecular complexity index is 660. The molecule has 0 fully saturated rings. The van der Waals surface area contributed by atoms with Crippen molar-refractivity contribution in [3.8, 4) is 0 Å². The molecule has 1 aromatic carbocycles. The summed E-state index contributed by atoms with van der Waals surface area (Å²) in [6.07, 6.45) is 0.654. The molecule has 1 aromatic heterocycles. The molecule has 5 heteroatoms. The number of aromatic nitrogens is 2. The van der Waals surface area contributed by atoms with Crippen LogP contribution in [0.4, 0.5) is 0 Å². The molecule has 88 valence electrons. The number of rotatable bonds is 2. The summed E-state index contributed by atoms with van der Waals surface area (Å²) in [7, 11) is 0. The zero-order valence-electron chi connectivity index (χ0n) is 9.21. The van der Waals surface area contributed by atoms with E-state index in [1.165, 1.54) is 0 Å². The average Bonchev–Trinajstić information content (AvgIpc) is 2.28. The molecule has 0 bridgehead atoms. The molecule has 2 rings (SSSR count). The largest absolute Gasteiger partial charge is 0.335 e. The molecule has 0 aliphatic heterocycles. The molecule has 3 nitrogen and oxygen atoms in total. The predicted molar refractivity (Wildman–Crippen MR) is 73.9 cm³/mol. The van der Waals surface area contributed by atoms with Gasteiger partial charge in [0, 0.05) is 22.2 Å². The average molecular weight is 311 g/mol. The van der Waals surface area contributed by atoms with Crippen molar-refractivity contribution < 1.29 is 0 Å². The topological polar surface area (TPSA) is 48.6 Å². The first-order valence-electron chi connectivity index (χ1n) is 5.13. The summed E-state index contributed by atoms with van der Waals surface area (Å²) in [5, 5.41) is 0. The lowest BCUT2D eigenvalue weighted by atomic mass is 10.1. The summed E-state index contributed by atoms with van der Waals surface area (Å²) in [5.74, 6) is 0. The summed E-state index contributed by atoms with van der Waals surface area (Å²) in [5.41, 5.74) is 2.52. The van der Waals surface area contributed by atoms with Crippen molar-refractivity contribution >= 4 is 28.1 Å². The molecule has 0 unspecified atom stereocenters. The van der Waals surface area contributed by atoms with Crippen molar-refractivity contribution in [2.75, 3.05) is 0 Å². The maximum atomic E-state index is 11.6. The van der Waals surface area contributed by atoms with Gasteiger partial charge in [0.25, 0.3) is 5.56 Å². The Morgan fingerprint density at radius 2 is 2.00 bits per heavy atom. The van der Waals surface area contributed by atoms with Crippen LogP contribution in [0.2, 0.25) is 0 Å². The van der Waals surface area contributed by atoms with Gasteiger partial charge in [-0.1, -0.05) is 34.1 Å². The van der Waals surface area contributed by atoms with E-state index in [0.29, 0.717) is 16.8 Å². The van der Waals surface area contributed by atoms with Gasteiger partial charge in [0.1, 0.15) is 0 Å². The third-order valence-corrected chi connectivity index (χ3v) is 3.59. The van der Waals surface area contributed by atoms with Crippen molar-refractivity contribution in [3.63, 3.8) is 0 Å². The smallest absolute Gasteiger partial charge is 0.254 e. The number of hydrogen-bond acceptors (Lipinski definition) is 2. The molecule has 2 aromatic rings. The van der Waals surface area contributed by atoms with E-state index in [0.717, 1.165) is 15.7 Å². The Labute approximate surface area is 112 Å². The van der Waals surface area contributed by atoms with Crippen LogP contribution >= 0.6 is 28.1 Å². The molecular weight excluding hydrogens is 300 g/mol. The van der Waals surface area contributed by atoms with Crippen LogP contribution in [0, 0.1) is 11.7 Å². The zero-order valence-corrected chi connectivity index (χ0v) is 11.6. The molecule has 0 radical (unpaired) electrons. The van der Waals surface area contributed by atoms with Gasteiger partial charge in [-0.15, -0.1) is 0 Å². The highest BCUT2D eigenvalue weighted by atomic mass is 79.9. The summed E-state index contributed by atoms with van der Waals surface area (Å²) in [4.78, 5) is 17.2. The van der Waals surface area contributed by atoms with Crippen LogP contribution in [-0.4, -0.2) is 9.97 Å². The van der Waals surface area contributed by atoms with Gasteiger partial charge in [-0.25, -0.2) is 0 Å². The van der Waals surface area contributed by atoms with Crippen molar-refractivity contribution in [2.45, 2.75) is 13.3 Å². The molecular formula is C12H11BrN2OS. The van der Waals surface area contributed by atoms with E-state index in [9.17, 15) is 4.79 Å². The first-order valence-corrected chi connectivity index (χ1v) is 6.33. The second-order valence-corrected chi connectivity index (χ2v) is 5.04. The highest BCUT2D eigenvalue weighted by molar-refractivity contribution is 9.10. The summed E-state index contributed by atoms with van der Waals surface area (Å²) in [6.45, 7) is 1.79. The van der Waals surface area contributed by atoms with E-state index in [-0.39, 0.29) is 5.56 Å². The van der Waals surface area contributed by atoms with E-state index in [4.69, 9.17) is 12.2 Å². The fraction of sp³-hybridized carbons (Fsp3) is 0.167. The minimum atomic E-state index is -0.129. The number of aromatic amines is 2. The number of benzene rings is 1. The summed E-state index contributed by atoms with van der Waals surface area (Å²) < 4.78 is 1.39. The lowest BCUT2D eigenvalue weighted by molar-refractivity contribution is 0.951. The SMILES string of the molecule is Cc1c(Cc2ccccc2Br)[nH]c(=S)[nH]c1=O. The third kappa shape index (κ3) is 2.73. The number of halogens is 1. The lowest BCUT2D eigenvalue weighted by Gasteiger charge is -2.07. The zero-order chi connectivity index (χ0) is 12.4. The Balaban J connectivity index is 2.47. The van der Waals surface area contributed by atoms with E-state index in [2.05, 4.69) is 25.9 Å². The Morgan fingerprint density at radius 3 is 2.71 bits per heavy atom. The molecule has 0 spiro atoms. The van der Waals surface area contributed by atoms with Crippen LogP contribution in [0.25, 0.3) is 0 Å². The van der Waals surface area contributed by atoms with E-state index in [1.54, 1.807) is 6.92 Å². The van der Waals surface area contributed by atoms with Gasteiger partial charge in [0.2, 0.25) is 0 Å². The molecule has 0 saturated heterocycles. The minimum Gasteiger partial charge on any atom is -0.335 e. The first-order chi connectivity index (χ1) is 8.08. The highest BCUT2D eigenvalue weighted by Gasteiger charge is 2.06. The van der Waals surface area contributed by atoms with Crippen LogP contribution in [0.3, 0.4) is 0 Å². The molecule has 0 aliphatic carbocycles. The first kappa shape index (κ1) is 12.3. The van der Waals surface area contributed by atoms with Crippen molar-refractivity contribution in [1.29, 1.82) is 0 Å². The summed E-state index contributed by atoms with van der Waals surface area (Å²) in [6, 6.07) is 7.92. The van der Waals surface area contributed by atoms with Crippen molar-refractivity contribution in [2.24, 2.45) is 0 Å². The quantitative estimate of drug-likeness (QED) is 0.837. The molecule has 0 saturated carbocycles. The standard InChI is InChI=1S/C12H11BrN2OS/c1-7-10(14-12(17)15-11(7)16)6-8-4-2-3-5-9(8)13/h2-5H,6H2,1H3,(H2,14,15,16,17). The fourth-order valence-electron chi connectivity index (χ4n) is 1.60. The molecule has 0 amide bonds. The van der Waals surface area contributed by atoms with Crippen LogP contribution in [0.15, 0.2) is 33.5 Å². The van der Waals surface area contributed by atoms with Gasteiger partial charge in [-0.3, -0.25) is 9.78 Å². The number of hydrogen-bond donors (Lipinski definition) is 2. The number of nitrogens with one attached hydrogen (secondary N) is 2. The Morgan fingerprint density at radius 1 is 1.29 bits per heavy atom. The monoisotopic (exact) mass is 310 g/mol. The van der Waals surface area contributed by atoms with Gasteiger partial charge < -0.3 is 4.98 Å². The second-order valence-electron chi connectivity index (χ2n) is 3.78. The molecule has 0 atom stereocenters. The van der Waals surface area contributed by atoms with E-state index in [1.807, 2.05) is 24.3 Å². The predicted octanol–water partition coefficient (Wildman–Crippen LogP) is 3.09. The van der Waals surface area contributed by atoms with Gasteiger partial charge in [0.05, 0.1) is 0 Å². The van der Waals surface area contributed by atoms with Crippen molar-refractivity contribution in [1.82, 2.24) is 9.97 Å². The van der Waals surface area contributed by atoms with Gasteiger partial charge >= 0.3 is 0 Å². The second kappa shape index (κ2) is 4.98. The molecule has 1 heterocycles. The van der Waals surface area contributed by atoms with Crippen LogP contribution in [0.1, 0.15) is 16.8 Å². The normalized spacial score (nSPS) is 10.5. The van der Waals surface area contributed by atoms with E-state index < -0.39 is 0 Å². The highest BCUT2D eigenvalue weighted by Crippen LogP contribution is 2.19. The maximum absolute atomic E-state index is 11.6. The lowest BCUT2D eigenvalue weighted by Crippen LogP contribution is -2.15. The van der Waals surface area contributed by atoms with Gasteiger partial charge in [-0.05, 0) is 30.8 Å². The van der Waals surface area contributed by atoms with Crippen molar-refractivity contribution in [3.05, 3.63) is 60.7 Å². The van der Waals surface area contributed by atoms with Gasteiger partial charge in [0.15, 0.2) is 4.77 Å². The maximum Gasteiger partial charge on any atom is 0.254 e. The van der Waals surface area contributed by atoms with Crippen LogP contribution in [-0.2, 0) is 6.42 Å². The third-order valence-electron chi connectivity index (χ3n) is 2.61. The minimum absolute atomic E-state index is 0.129. The van der Waals surface area contributed by atoms with E-state index >= 15 is 0 Å². The van der Waals surface area contributed by atoms with Crippen LogP contribution in [0.5, 0.6) is 0 Å². The Kier molecular flexibility index (Phi) is 3.59. The molecule has 17 heavy (non-hydrogen) atoms. The fourth-order valence-corrected chi connectivity index (χ4v) is 2.25. The number of H-pyrrole nitrogens is 2. The van der Waals surface area contributed by atoms with Gasteiger partial charge in [-0.2, -0.15) is 0 Å².